The van der Waals surface area contributed by atoms with Crippen LogP contribution in [0.1, 0.15) is 32.6 Å². The smallest absolute Gasteiger partial charge is 0.286 e. The van der Waals surface area contributed by atoms with E-state index in [0.29, 0.717) is 5.54 Å². The second-order valence-electron chi connectivity index (χ2n) is 5.00. The predicted molar refractivity (Wildman–Crippen MR) is 59.8 cm³/mol. The molecule has 0 amide bonds. The first-order valence-electron chi connectivity index (χ1n) is 6.12. The average Bonchev–Trinajstić information content (AvgIpc) is 2.31. The van der Waals surface area contributed by atoms with Crippen LogP contribution >= 0.6 is 0 Å². The Morgan fingerprint density at radius 1 is 1.31 bits per heavy atom. The van der Waals surface area contributed by atoms with Crippen LogP contribution in [-0.4, -0.2) is 42.8 Å². The fourth-order valence-electron chi connectivity index (χ4n) is 2.72. The van der Waals surface area contributed by atoms with E-state index in [9.17, 15) is 0 Å². The van der Waals surface area contributed by atoms with Crippen molar-refractivity contribution >= 4 is 0 Å². The van der Waals surface area contributed by atoms with E-state index in [1.807, 2.05) is 0 Å². The molecule has 0 N–H and O–H groups in total. The summed E-state index contributed by atoms with van der Waals surface area (Å²) in [6.07, 6.45) is 6.14. The molecule has 2 heterocycles. The molecule has 2 aliphatic heterocycles. The van der Waals surface area contributed by atoms with E-state index in [4.69, 9.17) is 14.7 Å². The first-order chi connectivity index (χ1) is 7.74. The van der Waals surface area contributed by atoms with Crippen LogP contribution in [0.4, 0.5) is 0 Å². The lowest BCUT2D eigenvalue weighted by molar-refractivity contribution is -0.0429. The van der Waals surface area contributed by atoms with Crippen molar-refractivity contribution < 1.29 is 9.47 Å². The van der Waals surface area contributed by atoms with Gasteiger partial charge in [-0.3, -0.25) is 4.90 Å². The highest BCUT2D eigenvalue weighted by atomic mass is 16.5. The van der Waals surface area contributed by atoms with E-state index in [1.165, 1.54) is 0 Å². The number of nitrogens with zero attached hydrogens (tertiary/aromatic N) is 2. The van der Waals surface area contributed by atoms with Crippen molar-refractivity contribution in [1.82, 2.24) is 4.90 Å². The van der Waals surface area contributed by atoms with E-state index in [1.54, 1.807) is 6.26 Å². The molecule has 4 heteroatoms. The van der Waals surface area contributed by atoms with Gasteiger partial charge in [0, 0.05) is 31.8 Å². The molecule has 4 nitrogen and oxygen atoms in total. The van der Waals surface area contributed by atoms with E-state index in [2.05, 4.69) is 11.8 Å². The Morgan fingerprint density at radius 3 is 2.50 bits per heavy atom. The second-order valence-corrected chi connectivity index (χ2v) is 5.00. The summed E-state index contributed by atoms with van der Waals surface area (Å²) in [7, 11) is 0. The van der Waals surface area contributed by atoms with Gasteiger partial charge in [0.2, 0.25) is 0 Å². The van der Waals surface area contributed by atoms with Crippen LogP contribution in [0, 0.1) is 11.5 Å². The summed E-state index contributed by atoms with van der Waals surface area (Å²) in [5.41, 5.74) is 0.301. The lowest BCUT2D eigenvalue weighted by Crippen LogP contribution is -2.53. The Morgan fingerprint density at radius 2 is 1.94 bits per heavy atom. The van der Waals surface area contributed by atoms with Crippen LogP contribution in [0.3, 0.4) is 0 Å². The molecule has 0 aliphatic carbocycles. The van der Waals surface area contributed by atoms with Crippen molar-refractivity contribution in [3.63, 3.8) is 0 Å². The van der Waals surface area contributed by atoms with Gasteiger partial charge in [0.1, 0.15) is 6.10 Å². The first kappa shape index (κ1) is 11.7. The highest BCUT2D eigenvalue weighted by Gasteiger charge is 2.36. The molecule has 0 saturated carbocycles. The van der Waals surface area contributed by atoms with Crippen LogP contribution in [0.25, 0.3) is 0 Å². The van der Waals surface area contributed by atoms with Crippen molar-refractivity contribution in [2.45, 2.75) is 44.2 Å². The molecule has 0 aromatic heterocycles. The molecule has 2 rings (SSSR count). The molecule has 90 valence electrons. The van der Waals surface area contributed by atoms with E-state index in [0.717, 1.165) is 52.0 Å². The first-order valence-corrected chi connectivity index (χ1v) is 6.12. The quantitative estimate of drug-likeness (QED) is 0.667. The van der Waals surface area contributed by atoms with Gasteiger partial charge < -0.3 is 9.47 Å². The van der Waals surface area contributed by atoms with Gasteiger partial charge >= 0.3 is 0 Å². The topological polar surface area (TPSA) is 45.5 Å². The molecule has 0 spiro atoms. The Labute approximate surface area is 97.1 Å². The third-order valence-electron chi connectivity index (χ3n) is 3.99. The van der Waals surface area contributed by atoms with Crippen molar-refractivity contribution in [2.24, 2.45) is 0 Å². The monoisotopic (exact) mass is 224 g/mol. The molecule has 0 atom stereocenters. The second kappa shape index (κ2) is 5.03. The minimum atomic E-state index is 0.143. The summed E-state index contributed by atoms with van der Waals surface area (Å²) in [4.78, 5) is 2.55. The Balaban J connectivity index is 1.86. The van der Waals surface area contributed by atoms with Crippen LogP contribution in [0.2, 0.25) is 0 Å². The summed E-state index contributed by atoms with van der Waals surface area (Å²) < 4.78 is 10.4. The number of piperidine rings is 1. The van der Waals surface area contributed by atoms with E-state index < -0.39 is 0 Å². The maximum absolute atomic E-state index is 8.48. The van der Waals surface area contributed by atoms with Crippen molar-refractivity contribution in [2.75, 3.05) is 26.3 Å². The fraction of sp³-hybridized carbons (Fsp3) is 0.917. The molecule has 0 unspecified atom stereocenters. The van der Waals surface area contributed by atoms with E-state index in [-0.39, 0.29) is 6.10 Å². The Bertz CT molecular complexity index is 261. The van der Waals surface area contributed by atoms with Gasteiger partial charge in [-0.25, -0.2) is 0 Å². The summed E-state index contributed by atoms with van der Waals surface area (Å²) >= 11 is 0. The van der Waals surface area contributed by atoms with Crippen LogP contribution in [0.5, 0.6) is 0 Å². The van der Waals surface area contributed by atoms with Gasteiger partial charge in [0.25, 0.3) is 6.26 Å². The molecule has 0 aromatic carbocycles. The Kier molecular flexibility index (Phi) is 3.67. The highest BCUT2D eigenvalue weighted by molar-refractivity contribution is 4.91. The molecular weight excluding hydrogens is 204 g/mol. The maximum Gasteiger partial charge on any atom is 0.286 e. The molecule has 16 heavy (non-hydrogen) atoms. The third-order valence-corrected chi connectivity index (χ3v) is 3.99. The predicted octanol–water partition coefficient (Wildman–Crippen LogP) is 1.52. The van der Waals surface area contributed by atoms with Gasteiger partial charge in [-0.1, -0.05) is 0 Å². The molecule has 2 saturated heterocycles. The zero-order valence-corrected chi connectivity index (χ0v) is 9.95. The van der Waals surface area contributed by atoms with Gasteiger partial charge in [-0.15, -0.1) is 0 Å². The Hall–Kier alpha value is -0.790. The number of rotatable bonds is 2. The summed E-state index contributed by atoms with van der Waals surface area (Å²) in [5.74, 6) is 0. The normalized spacial score (nSPS) is 27.2. The third kappa shape index (κ3) is 2.47. The molecular formula is C12H20N2O2. The highest BCUT2D eigenvalue weighted by Crippen LogP contribution is 2.30. The molecule has 2 fully saturated rings. The molecule has 0 radical (unpaired) electrons. The molecule has 0 bridgehead atoms. The average molecular weight is 224 g/mol. The summed E-state index contributed by atoms with van der Waals surface area (Å²) in [6, 6.07) is 0. The summed E-state index contributed by atoms with van der Waals surface area (Å²) in [6.45, 7) is 6.18. The minimum absolute atomic E-state index is 0.143. The lowest BCUT2D eigenvalue weighted by atomic mass is 9.88. The SMILES string of the molecule is CC1(N2CCC(OC#N)CC2)CCOCC1. The zero-order valence-electron chi connectivity index (χ0n) is 9.95. The number of ether oxygens (including phenoxy) is 2. The van der Waals surface area contributed by atoms with Crippen molar-refractivity contribution in [1.29, 1.82) is 5.26 Å². The standard InChI is InChI=1S/C12H20N2O2/c1-12(4-8-15-9-5-12)14-6-2-11(3-7-14)16-10-13/h11H,2-9H2,1H3. The van der Waals surface area contributed by atoms with Gasteiger partial charge in [0.15, 0.2) is 0 Å². The number of hydrogen-bond donors (Lipinski definition) is 0. The van der Waals surface area contributed by atoms with Crippen LogP contribution in [0.15, 0.2) is 0 Å². The number of likely N-dealkylation sites (tertiary alicyclic amines) is 1. The largest absolute Gasteiger partial charge is 0.424 e. The van der Waals surface area contributed by atoms with E-state index >= 15 is 0 Å². The lowest BCUT2D eigenvalue weighted by Gasteiger charge is -2.46. The summed E-state index contributed by atoms with van der Waals surface area (Å²) in [5, 5.41) is 8.48. The van der Waals surface area contributed by atoms with Crippen molar-refractivity contribution in [3.8, 4) is 6.26 Å². The molecule has 2 aliphatic rings. The zero-order chi connectivity index (χ0) is 11.4. The van der Waals surface area contributed by atoms with Crippen molar-refractivity contribution in [3.05, 3.63) is 0 Å². The minimum Gasteiger partial charge on any atom is -0.424 e. The molecule has 0 aromatic rings. The van der Waals surface area contributed by atoms with Gasteiger partial charge in [-0.2, -0.15) is 5.26 Å². The fourth-order valence-corrected chi connectivity index (χ4v) is 2.72. The van der Waals surface area contributed by atoms with Gasteiger partial charge in [0.05, 0.1) is 0 Å². The number of hydrogen-bond acceptors (Lipinski definition) is 4. The van der Waals surface area contributed by atoms with Crippen LogP contribution < -0.4 is 0 Å². The van der Waals surface area contributed by atoms with Gasteiger partial charge in [-0.05, 0) is 32.6 Å². The number of nitriles is 1. The maximum atomic E-state index is 8.48. The van der Waals surface area contributed by atoms with Crippen LogP contribution in [-0.2, 0) is 9.47 Å².